The van der Waals surface area contributed by atoms with Crippen molar-refractivity contribution in [3.8, 4) is 0 Å². The van der Waals surface area contributed by atoms with E-state index in [0.717, 1.165) is 0 Å². The van der Waals surface area contributed by atoms with Crippen molar-refractivity contribution in [2.24, 2.45) is 5.92 Å². The van der Waals surface area contributed by atoms with E-state index >= 15 is 0 Å². The minimum absolute atomic E-state index is 0.217. The molecule has 0 saturated heterocycles. The first kappa shape index (κ1) is 10.4. The van der Waals surface area contributed by atoms with Gasteiger partial charge in [-0.25, -0.2) is 4.79 Å². The lowest BCUT2D eigenvalue weighted by Gasteiger charge is -2.21. The van der Waals surface area contributed by atoms with Gasteiger partial charge >= 0.3 is 6.09 Å². The van der Waals surface area contributed by atoms with Gasteiger partial charge in [-0.3, -0.25) is 0 Å². The molecule has 3 nitrogen and oxygen atoms in total. The predicted molar refractivity (Wildman–Crippen MR) is 51.6 cm³/mol. The Bertz CT molecular complexity index is 162. The van der Waals surface area contributed by atoms with E-state index in [4.69, 9.17) is 4.74 Å². The van der Waals surface area contributed by atoms with Crippen LogP contribution in [0.4, 0.5) is 4.79 Å². The van der Waals surface area contributed by atoms with Gasteiger partial charge in [-0.05, 0) is 18.8 Å². The second-order valence-electron chi connectivity index (χ2n) is 3.98. The van der Waals surface area contributed by atoms with Gasteiger partial charge < -0.3 is 9.64 Å². The summed E-state index contributed by atoms with van der Waals surface area (Å²) in [5, 5.41) is 0. The molecule has 1 rings (SSSR count). The Morgan fingerprint density at radius 3 is 2.46 bits per heavy atom. The number of rotatable bonds is 2. The van der Waals surface area contributed by atoms with Gasteiger partial charge in [-0.15, -0.1) is 0 Å². The van der Waals surface area contributed by atoms with E-state index in [-0.39, 0.29) is 6.09 Å². The second kappa shape index (κ2) is 5.10. The highest BCUT2D eigenvalue weighted by Gasteiger charge is 2.15. The number of carbonyl (C=O) groups excluding carboxylic acids is 1. The number of hydrogen-bond donors (Lipinski definition) is 0. The minimum atomic E-state index is -0.217. The number of ether oxygens (including phenoxy) is 1. The molecule has 1 saturated carbocycles. The summed E-state index contributed by atoms with van der Waals surface area (Å²) >= 11 is 0. The zero-order chi connectivity index (χ0) is 9.68. The highest BCUT2D eigenvalue weighted by molar-refractivity contribution is 5.66. The van der Waals surface area contributed by atoms with Crippen LogP contribution < -0.4 is 0 Å². The van der Waals surface area contributed by atoms with E-state index in [1.807, 2.05) is 0 Å². The van der Waals surface area contributed by atoms with Crippen LogP contribution in [0.25, 0.3) is 0 Å². The molecule has 0 heterocycles. The molecule has 0 aromatic heterocycles. The van der Waals surface area contributed by atoms with Gasteiger partial charge in [0.05, 0.1) is 6.61 Å². The molecule has 1 amide bonds. The Morgan fingerprint density at radius 2 is 1.92 bits per heavy atom. The Hall–Kier alpha value is -0.730. The van der Waals surface area contributed by atoms with E-state index in [1.54, 1.807) is 14.1 Å². The molecule has 0 spiro atoms. The molecule has 0 unspecified atom stereocenters. The van der Waals surface area contributed by atoms with Crippen molar-refractivity contribution in [3.63, 3.8) is 0 Å². The summed E-state index contributed by atoms with van der Waals surface area (Å²) in [5.41, 5.74) is 0. The topological polar surface area (TPSA) is 29.5 Å². The summed E-state index contributed by atoms with van der Waals surface area (Å²) in [6, 6.07) is 0. The molecular formula is C10H19NO2. The normalized spacial score (nSPS) is 18.3. The first-order valence-corrected chi connectivity index (χ1v) is 5.04. The number of carbonyl (C=O) groups is 1. The lowest BCUT2D eigenvalue weighted by Crippen LogP contribution is -2.25. The molecule has 1 aliphatic rings. The van der Waals surface area contributed by atoms with Gasteiger partial charge in [0, 0.05) is 14.1 Å². The van der Waals surface area contributed by atoms with Crippen LogP contribution in [-0.2, 0) is 4.74 Å². The molecular weight excluding hydrogens is 166 g/mol. The lowest BCUT2D eigenvalue weighted by molar-refractivity contribution is 0.0930. The number of amides is 1. The van der Waals surface area contributed by atoms with Gasteiger partial charge in [0.2, 0.25) is 0 Å². The van der Waals surface area contributed by atoms with Crippen molar-refractivity contribution in [1.82, 2.24) is 4.90 Å². The third kappa shape index (κ3) is 3.66. The highest BCUT2D eigenvalue weighted by Crippen LogP contribution is 2.23. The van der Waals surface area contributed by atoms with Crippen molar-refractivity contribution in [2.75, 3.05) is 20.7 Å². The summed E-state index contributed by atoms with van der Waals surface area (Å²) in [4.78, 5) is 12.6. The van der Waals surface area contributed by atoms with Crippen LogP contribution >= 0.6 is 0 Å². The van der Waals surface area contributed by atoms with Crippen LogP contribution in [0.2, 0.25) is 0 Å². The van der Waals surface area contributed by atoms with Crippen LogP contribution in [0.3, 0.4) is 0 Å². The molecule has 0 aromatic carbocycles. The minimum Gasteiger partial charge on any atom is -0.449 e. The largest absolute Gasteiger partial charge is 0.449 e. The summed E-state index contributed by atoms with van der Waals surface area (Å²) < 4.78 is 5.13. The van der Waals surface area contributed by atoms with Crippen molar-refractivity contribution >= 4 is 6.09 Å². The van der Waals surface area contributed by atoms with E-state index in [0.29, 0.717) is 12.5 Å². The van der Waals surface area contributed by atoms with Crippen molar-refractivity contribution in [3.05, 3.63) is 0 Å². The Kier molecular flexibility index (Phi) is 4.06. The maximum atomic E-state index is 11.1. The van der Waals surface area contributed by atoms with Crippen LogP contribution in [0, 0.1) is 5.92 Å². The van der Waals surface area contributed by atoms with Crippen molar-refractivity contribution in [1.29, 1.82) is 0 Å². The third-order valence-electron chi connectivity index (χ3n) is 2.53. The van der Waals surface area contributed by atoms with Crippen LogP contribution in [0.1, 0.15) is 32.1 Å². The second-order valence-corrected chi connectivity index (χ2v) is 3.98. The molecule has 0 N–H and O–H groups in total. The van der Waals surface area contributed by atoms with Crippen LogP contribution in [0.15, 0.2) is 0 Å². The fourth-order valence-corrected chi connectivity index (χ4v) is 1.67. The zero-order valence-electron chi connectivity index (χ0n) is 8.58. The standard InChI is InChI=1S/C10H19NO2/c1-11(2)10(12)13-8-9-6-4-3-5-7-9/h9H,3-8H2,1-2H3. The van der Waals surface area contributed by atoms with Gasteiger partial charge in [0.1, 0.15) is 0 Å². The Balaban J connectivity index is 2.13. The molecule has 3 heteroatoms. The fraction of sp³-hybridized carbons (Fsp3) is 0.900. The number of nitrogens with zero attached hydrogens (tertiary/aromatic N) is 1. The number of hydrogen-bond acceptors (Lipinski definition) is 2. The van der Waals surface area contributed by atoms with Gasteiger partial charge in [0.15, 0.2) is 0 Å². The lowest BCUT2D eigenvalue weighted by atomic mass is 9.90. The van der Waals surface area contributed by atoms with Gasteiger partial charge in [-0.2, -0.15) is 0 Å². The van der Waals surface area contributed by atoms with E-state index in [2.05, 4.69) is 0 Å². The first-order valence-electron chi connectivity index (χ1n) is 5.04. The summed E-state index contributed by atoms with van der Waals surface area (Å²) in [6.45, 7) is 0.608. The summed E-state index contributed by atoms with van der Waals surface area (Å²) in [6.07, 6.45) is 6.17. The van der Waals surface area contributed by atoms with E-state index in [1.165, 1.54) is 37.0 Å². The Morgan fingerprint density at radius 1 is 1.31 bits per heavy atom. The maximum Gasteiger partial charge on any atom is 0.409 e. The molecule has 1 fully saturated rings. The zero-order valence-corrected chi connectivity index (χ0v) is 8.58. The Labute approximate surface area is 80.1 Å². The average Bonchev–Trinajstić information content (AvgIpc) is 2.15. The molecule has 1 aliphatic carbocycles. The SMILES string of the molecule is CN(C)C(=O)OCC1CCCCC1. The monoisotopic (exact) mass is 185 g/mol. The first-order chi connectivity index (χ1) is 6.20. The quantitative estimate of drug-likeness (QED) is 0.660. The molecule has 76 valence electrons. The fourth-order valence-electron chi connectivity index (χ4n) is 1.67. The highest BCUT2D eigenvalue weighted by atomic mass is 16.6. The van der Waals surface area contributed by atoms with Crippen molar-refractivity contribution < 1.29 is 9.53 Å². The van der Waals surface area contributed by atoms with Crippen LogP contribution in [0.5, 0.6) is 0 Å². The van der Waals surface area contributed by atoms with Crippen LogP contribution in [-0.4, -0.2) is 31.7 Å². The summed E-state index contributed by atoms with van der Waals surface area (Å²) in [5.74, 6) is 0.609. The third-order valence-corrected chi connectivity index (χ3v) is 2.53. The smallest absolute Gasteiger partial charge is 0.409 e. The average molecular weight is 185 g/mol. The van der Waals surface area contributed by atoms with E-state index in [9.17, 15) is 4.79 Å². The summed E-state index contributed by atoms with van der Waals surface area (Å²) in [7, 11) is 3.42. The predicted octanol–water partition coefficient (Wildman–Crippen LogP) is 2.26. The maximum absolute atomic E-state index is 11.1. The van der Waals surface area contributed by atoms with E-state index < -0.39 is 0 Å². The molecule has 0 bridgehead atoms. The molecule has 13 heavy (non-hydrogen) atoms. The molecule has 0 radical (unpaired) electrons. The molecule has 0 aliphatic heterocycles. The molecule has 0 atom stereocenters. The van der Waals surface area contributed by atoms with Gasteiger partial charge in [-0.1, -0.05) is 19.3 Å². The van der Waals surface area contributed by atoms with Gasteiger partial charge in [0.25, 0.3) is 0 Å². The molecule has 0 aromatic rings. The van der Waals surface area contributed by atoms with Crippen molar-refractivity contribution in [2.45, 2.75) is 32.1 Å².